The van der Waals surface area contributed by atoms with Crippen molar-refractivity contribution in [1.82, 2.24) is 15.4 Å². The fourth-order valence-electron chi connectivity index (χ4n) is 2.28. The number of nitrogens with two attached hydrogens (primary N) is 1. The molecule has 2 heterocycles. The molecule has 0 saturated carbocycles. The zero-order valence-corrected chi connectivity index (χ0v) is 11.4. The van der Waals surface area contributed by atoms with Crippen LogP contribution in [0.1, 0.15) is 17.3 Å². The number of hydrogen-bond acceptors (Lipinski definition) is 4. The molecule has 1 aromatic carbocycles. The van der Waals surface area contributed by atoms with Crippen LogP contribution >= 0.6 is 11.6 Å². The minimum Gasteiger partial charge on any atom is -0.271 e. The molecule has 4 nitrogen and oxygen atoms in total. The lowest BCUT2D eigenvalue weighted by Crippen LogP contribution is -2.29. The molecule has 20 heavy (non-hydrogen) atoms. The SMILES string of the molecule is NNC(c1ccc(Cl)cn1)c1cccc2ccncc12. The molecule has 0 amide bonds. The van der Waals surface area contributed by atoms with Gasteiger partial charge < -0.3 is 0 Å². The van der Waals surface area contributed by atoms with Gasteiger partial charge in [0, 0.05) is 24.0 Å². The molecule has 0 saturated heterocycles. The van der Waals surface area contributed by atoms with Gasteiger partial charge in [0.05, 0.1) is 16.8 Å². The summed E-state index contributed by atoms with van der Waals surface area (Å²) in [5.74, 6) is 5.72. The van der Waals surface area contributed by atoms with Crippen LogP contribution in [-0.2, 0) is 0 Å². The zero-order valence-electron chi connectivity index (χ0n) is 10.6. The van der Waals surface area contributed by atoms with E-state index < -0.39 is 0 Å². The van der Waals surface area contributed by atoms with Crippen LogP contribution in [0.15, 0.2) is 55.0 Å². The number of nitrogens with zero attached hydrogens (tertiary/aromatic N) is 2. The molecule has 0 aliphatic carbocycles. The topological polar surface area (TPSA) is 63.8 Å². The van der Waals surface area contributed by atoms with Crippen molar-refractivity contribution >= 4 is 22.4 Å². The number of nitrogens with one attached hydrogen (secondary N) is 1. The molecule has 1 atom stereocenters. The Morgan fingerprint density at radius 3 is 2.75 bits per heavy atom. The van der Waals surface area contributed by atoms with Crippen molar-refractivity contribution in [2.24, 2.45) is 5.84 Å². The first-order chi connectivity index (χ1) is 9.79. The summed E-state index contributed by atoms with van der Waals surface area (Å²) in [6, 6.07) is 11.5. The Bertz CT molecular complexity index is 722. The number of rotatable bonds is 3. The van der Waals surface area contributed by atoms with Gasteiger partial charge in [0.15, 0.2) is 0 Å². The number of hydrogen-bond donors (Lipinski definition) is 2. The maximum atomic E-state index is 5.88. The first-order valence-corrected chi connectivity index (χ1v) is 6.57. The Morgan fingerprint density at radius 2 is 2.00 bits per heavy atom. The molecular weight excluding hydrogens is 272 g/mol. The van der Waals surface area contributed by atoms with Gasteiger partial charge in [-0.2, -0.15) is 0 Å². The molecule has 100 valence electrons. The molecule has 0 radical (unpaired) electrons. The molecular formula is C15H13ClN4. The highest BCUT2D eigenvalue weighted by molar-refractivity contribution is 6.30. The van der Waals surface area contributed by atoms with Crippen LogP contribution in [-0.4, -0.2) is 9.97 Å². The Balaban J connectivity index is 2.14. The minimum absolute atomic E-state index is 0.208. The van der Waals surface area contributed by atoms with Crippen molar-refractivity contribution < 1.29 is 0 Å². The maximum Gasteiger partial charge on any atom is 0.0887 e. The van der Waals surface area contributed by atoms with E-state index in [0.717, 1.165) is 22.0 Å². The Kier molecular flexibility index (Phi) is 3.60. The first kappa shape index (κ1) is 13.0. The van der Waals surface area contributed by atoms with Crippen molar-refractivity contribution in [2.75, 3.05) is 0 Å². The van der Waals surface area contributed by atoms with Gasteiger partial charge in [0.25, 0.3) is 0 Å². The smallest absolute Gasteiger partial charge is 0.0887 e. The van der Waals surface area contributed by atoms with Crippen LogP contribution in [0, 0.1) is 0 Å². The van der Waals surface area contributed by atoms with E-state index in [4.69, 9.17) is 17.4 Å². The quantitative estimate of drug-likeness (QED) is 0.573. The van der Waals surface area contributed by atoms with Crippen molar-refractivity contribution in [3.8, 4) is 0 Å². The van der Waals surface area contributed by atoms with E-state index in [2.05, 4.69) is 15.4 Å². The largest absolute Gasteiger partial charge is 0.271 e. The van der Waals surface area contributed by atoms with Gasteiger partial charge in [-0.05, 0) is 29.1 Å². The first-order valence-electron chi connectivity index (χ1n) is 6.20. The molecule has 1 unspecified atom stereocenters. The molecule has 3 aromatic rings. The van der Waals surface area contributed by atoms with Gasteiger partial charge >= 0.3 is 0 Å². The van der Waals surface area contributed by atoms with Gasteiger partial charge in [-0.3, -0.25) is 15.8 Å². The summed E-state index contributed by atoms with van der Waals surface area (Å²) in [7, 11) is 0. The third kappa shape index (κ3) is 2.36. The number of pyridine rings is 2. The van der Waals surface area contributed by atoms with Gasteiger partial charge in [0.2, 0.25) is 0 Å². The summed E-state index contributed by atoms with van der Waals surface area (Å²) in [5, 5.41) is 2.77. The van der Waals surface area contributed by atoms with E-state index in [0.29, 0.717) is 5.02 Å². The molecule has 3 N–H and O–H groups in total. The van der Waals surface area contributed by atoms with Gasteiger partial charge in [-0.15, -0.1) is 0 Å². The lowest BCUT2D eigenvalue weighted by atomic mass is 9.98. The summed E-state index contributed by atoms with van der Waals surface area (Å²) >= 11 is 5.88. The standard InChI is InChI=1S/C15H13ClN4/c16-11-4-5-14(19-8-11)15(20-17)12-3-1-2-10-6-7-18-9-13(10)12/h1-9,15,20H,17H2. The Hall–Kier alpha value is -2.01. The normalized spacial score (nSPS) is 12.5. The molecule has 3 rings (SSSR count). The molecule has 2 aromatic heterocycles. The van der Waals surface area contributed by atoms with Gasteiger partial charge in [-0.1, -0.05) is 29.8 Å². The van der Waals surface area contributed by atoms with Crippen LogP contribution in [0.3, 0.4) is 0 Å². The summed E-state index contributed by atoms with van der Waals surface area (Å²) in [4.78, 5) is 8.53. The average Bonchev–Trinajstić information content (AvgIpc) is 2.50. The Labute approximate surface area is 121 Å². The summed E-state index contributed by atoms with van der Waals surface area (Å²) in [6.07, 6.45) is 5.23. The number of aromatic nitrogens is 2. The van der Waals surface area contributed by atoms with Crippen LogP contribution in [0.5, 0.6) is 0 Å². The number of halogens is 1. The molecule has 0 bridgehead atoms. The zero-order chi connectivity index (χ0) is 13.9. The number of hydrazine groups is 1. The molecule has 0 aliphatic rings. The second kappa shape index (κ2) is 5.54. The van der Waals surface area contributed by atoms with E-state index in [9.17, 15) is 0 Å². The molecule has 0 aliphatic heterocycles. The highest BCUT2D eigenvalue weighted by Gasteiger charge is 2.16. The van der Waals surface area contributed by atoms with Crippen molar-refractivity contribution in [1.29, 1.82) is 0 Å². The van der Waals surface area contributed by atoms with Crippen LogP contribution < -0.4 is 11.3 Å². The van der Waals surface area contributed by atoms with Crippen LogP contribution in [0.4, 0.5) is 0 Å². The van der Waals surface area contributed by atoms with E-state index >= 15 is 0 Å². The fraction of sp³-hybridized carbons (Fsp3) is 0.0667. The maximum absolute atomic E-state index is 5.88. The second-order valence-electron chi connectivity index (χ2n) is 4.45. The molecule has 0 spiro atoms. The van der Waals surface area contributed by atoms with Gasteiger partial charge in [-0.25, -0.2) is 5.43 Å². The van der Waals surface area contributed by atoms with E-state index in [-0.39, 0.29) is 6.04 Å². The Morgan fingerprint density at radius 1 is 1.10 bits per heavy atom. The monoisotopic (exact) mass is 284 g/mol. The number of fused-ring (bicyclic) bond motifs is 1. The average molecular weight is 285 g/mol. The highest BCUT2D eigenvalue weighted by atomic mass is 35.5. The predicted molar refractivity (Wildman–Crippen MR) is 80.2 cm³/mol. The second-order valence-corrected chi connectivity index (χ2v) is 4.88. The minimum atomic E-state index is -0.208. The van der Waals surface area contributed by atoms with Crippen molar-refractivity contribution in [3.63, 3.8) is 0 Å². The lowest BCUT2D eigenvalue weighted by Gasteiger charge is -2.17. The predicted octanol–water partition coefficient (Wildman–Crippen LogP) is 2.84. The van der Waals surface area contributed by atoms with E-state index in [1.165, 1.54) is 0 Å². The van der Waals surface area contributed by atoms with Crippen molar-refractivity contribution in [3.05, 3.63) is 71.3 Å². The van der Waals surface area contributed by atoms with Crippen LogP contribution in [0.25, 0.3) is 10.8 Å². The highest BCUT2D eigenvalue weighted by Crippen LogP contribution is 2.27. The summed E-state index contributed by atoms with van der Waals surface area (Å²) in [6.45, 7) is 0. The lowest BCUT2D eigenvalue weighted by molar-refractivity contribution is 0.624. The van der Waals surface area contributed by atoms with Gasteiger partial charge in [0.1, 0.15) is 0 Å². The third-order valence-electron chi connectivity index (χ3n) is 3.24. The molecule has 0 fully saturated rings. The van der Waals surface area contributed by atoms with Crippen LogP contribution in [0.2, 0.25) is 5.02 Å². The fourth-order valence-corrected chi connectivity index (χ4v) is 2.39. The summed E-state index contributed by atoms with van der Waals surface area (Å²) in [5.41, 5.74) is 4.66. The summed E-state index contributed by atoms with van der Waals surface area (Å²) < 4.78 is 0. The van der Waals surface area contributed by atoms with Crippen molar-refractivity contribution in [2.45, 2.75) is 6.04 Å². The third-order valence-corrected chi connectivity index (χ3v) is 3.46. The number of benzene rings is 1. The van der Waals surface area contributed by atoms with E-state index in [1.54, 1.807) is 18.5 Å². The van der Waals surface area contributed by atoms with E-state index in [1.807, 2.05) is 36.5 Å². The molecule has 5 heteroatoms.